The van der Waals surface area contributed by atoms with Crippen molar-refractivity contribution in [1.29, 1.82) is 0 Å². The number of benzene rings is 3. The van der Waals surface area contributed by atoms with Crippen molar-refractivity contribution in [3.63, 3.8) is 0 Å². The van der Waals surface area contributed by atoms with E-state index in [1.54, 1.807) is 60.7 Å². The summed E-state index contributed by atoms with van der Waals surface area (Å²) in [4.78, 5) is 62.2. The molecule has 3 aromatic carbocycles. The first-order valence-corrected chi connectivity index (χ1v) is 10.9. The number of nitrogens with one attached hydrogen (secondary N) is 2. The van der Waals surface area contributed by atoms with E-state index in [-0.39, 0.29) is 45.4 Å². The van der Waals surface area contributed by atoms with Gasteiger partial charge in [0.2, 0.25) is 5.91 Å². The van der Waals surface area contributed by atoms with Gasteiger partial charge in [0.05, 0.1) is 16.8 Å². The van der Waals surface area contributed by atoms with Crippen molar-refractivity contribution in [3.8, 4) is 0 Å². The molecule has 0 spiro atoms. The molecule has 0 aromatic heterocycles. The van der Waals surface area contributed by atoms with Crippen LogP contribution in [0.25, 0.3) is 0 Å². The number of hydrogen-bond acceptors (Lipinski definition) is 6. The first-order chi connectivity index (χ1) is 16.8. The van der Waals surface area contributed by atoms with Crippen LogP contribution in [0.1, 0.15) is 61.6 Å². The number of carbonyl (C=O) groups is 5. The molecule has 35 heavy (non-hydrogen) atoms. The van der Waals surface area contributed by atoms with Gasteiger partial charge in [0.1, 0.15) is 0 Å². The molecule has 8 nitrogen and oxygen atoms in total. The standard InChI is InChI=1S/C27H22N2O6/c1-15(35-27(34)18-12-10-17(11-13-18)14-28-16(2)30)26(33)29-22-9-5-8-21-23(22)25(32)20-7-4-3-6-19(20)24(21)31/h3-13,15H,14H2,1-2H3,(H,28,30)(H,29,33). The van der Waals surface area contributed by atoms with Gasteiger partial charge in [-0.15, -0.1) is 0 Å². The Labute approximate surface area is 201 Å². The van der Waals surface area contributed by atoms with Crippen LogP contribution in [0.5, 0.6) is 0 Å². The Balaban J connectivity index is 1.46. The Bertz CT molecular complexity index is 1360. The van der Waals surface area contributed by atoms with Crippen LogP contribution in [0.3, 0.4) is 0 Å². The third-order valence-electron chi connectivity index (χ3n) is 5.59. The molecule has 4 rings (SSSR count). The number of carbonyl (C=O) groups excluding carboxylic acids is 5. The lowest BCUT2D eigenvalue weighted by Gasteiger charge is -2.21. The van der Waals surface area contributed by atoms with E-state index >= 15 is 0 Å². The lowest BCUT2D eigenvalue weighted by Crippen LogP contribution is -2.31. The molecular formula is C27H22N2O6. The molecular weight excluding hydrogens is 448 g/mol. The average Bonchev–Trinajstić information content (AvgIpc) is 2.86. The van der Waals surface area contributed by atoms with Crippen LogP contribution in [0, 0.1) is 0 Å². The molecule has 0 saturated carbocycles. The van der Waals surface area contributed by atoms with E-state index in [0.717, 1.165) is 5.56 Å². The third kappa shape index (κ3) is 4.86. The molecule has 176 valence electrons. The van der Waals surface area contributed by atoms with Crippen molar-refractivity contribution >= 4 is 35.0 Å². The molecule has 0 saturated heterocycles. The maximum Gasteiger partial charge on any atom is 0.338 e. The fraction of sp³-hybridized carbons (Fsp3) is 0.148. The number of amides is 2. The molecule has 0 radical (unpaired) electrons. The Morgan fingerprint density at radius 1 is 0.829 bits per heavy atom. The summed E-state index contributed by atoms with van der Waals surface area (Å²) in [5.74, 6) is -2.17. The van der Waals surface area contributed by atoms with Gasteiger partial charge >= 0.3 is 5.97 Å². The number of anilines is 1. The highest BCUT2D eigenvalue weighted by Gasteiger charge is 2.32. The van der Waals surface area contributed by atoms with Gasteiger partial charge in [0.25, 0.3) is 5.91 Å². The zero-order chi connectivity index (χ0) is 25.1. The van der Waals surface area contributed by atoms with Crippen molar-refractivity contribution in [2.45, 2.75) is 26.5 Å². The van der Waals surface area contributed by atoms with Crippen molar-refractivity contribution < 1.29 is 28.7 Å². The van der Waals surface area contributed by atoms with Crippen molar-refractivity contribution in [3.05, 3.63) is 100 Å². The summed E-state index contributed by atoms with van der Waals surface area (Å²) in [6.45, 7) is 3.16. The Morgan fingerprint density at radius 3 is 2.11 bits per heavy atom. The molecule has 0 fully saturated rings. The summed E-state index contributed by atoms with van der Waals surface area (Å²) >= 11 is 0. The Hall–Kier alpha value is -4.59. The lowest BCUT2D eigenvalue weighted by atomic mass is 9.83. The van der Waals surface area contributed by atoms with Crippen molar-refractivity contribution in [1.82, 2.24) is 5.32 Å². The molecule has 2 N–H and O–H groups in total. The van der Waals surface area contributed by atoms with Crippen LogP contribution < -0.4 is 10.6 Å². The van der Waals surface area contributed by atoms with Gasteiger partial charge in [-0.3, -0.25) is 19.2 Å². The lowest BCUT2D eigenvalue weighted by molar-refractivity contribution is -0.123. The second-order valence-corrected chi connectivity index (χ2v) is 8.08. The molecule has 1 atom stereocenters. The molecule has 0 heterocycles. The second kappa shape index (κ2) is 9.72. The van der Waals surface area contributed by atoms with Crippen molar-refractivity contribution in [2.24, 2.45) is 0 Å². The third-order valence-corrected chi connectivity index (χ3v) is 5.59. The molecule has 1 unspecified atom stereocenters. The van der Waals surface area contributed by atoms with E-state index in [1.807, 2.05) is 0 Å². The van der Waals surface area contributed by atoms with Crippen LogP contribution in [-0.4, -0.2) is 35.5 Å². The maximum absolute atomic E-state index is 13.1. The number of esters is 1. The molecule has 0 aliphatic heterocycles. The molecule has 1 aliphatic carbocycles. The SMILES string of the molecule is CC(=O)NCc1ccc(C(=O)OC(C)C(=O)Nc2cccc3c2C(=O)c2ccccc2C3=O)cc1. The average molecular weight is 470 g/mol. The molecule has 1 aliphatic rings. The predicted octanol–water partition coefficient (Wildman–Crippen LogP) is 3.28. The summed E-state index contributed by atoms with van der Waals surface area (Å²) in [5, 5.41) is 5.28. The largest absolute Gasteiger partial charge is 0.449 e. The Morgan fingerprint density at radius 2 is 1.46 bits per heavy atom. The van der Waals surface area contributed by atoms with Crippen molar-refractivity contribution in [2.75, 3.05) is 5.32 Å². The minimum atomic E-state index is -1.17. The molecule has 8 heteroatoms. The van der Waals surface area contributed by atoms with Crippen LogP contribution in [0.2, 0.25) is 0 Å². The topological polar surface area (TPSA) is 119 Å². The minimum Gasteiger partial charge on any atom is -0.449 e. The van der Waals surface area contributed by atoms with E-state index in [9.17, 15) is 24.0 Å². The van der Waals surface area contributed by atoms with Gasteiger partial charge in [-0.25, -0.2) is 4.79 Å². The maximum atomic E-state index is 13.1. The van der Waals surface area contributed by atoms with Crippen LogP contribution in [0.15, 0.2) is 66.7 Å². The number of ketones is 2. The number of hydrogen-bond donors (Lipinski definition) is 2. The minimum absolute atomic E-state index is 0.109. The summed E-state index contributed by atoms with van der Waals surface area (Å²) in [5.41, 5.74) is 2.12. The summed E-state index contributed by atoms with van der Waals surface area (Å²) in [6, 6.07) is 17.6. The zero-order valence-corrected chi connectivity index (χ0v) is 19.1. The Kier molecular flexibility index (Phi) is 6.55. The summed E-state index contributed by atoms with van der Waals surface area (Å²) in [6.07, 6.45) is -1.17. The van der Waals surface area contributed by atoms with Crippen LogP contribution >= 0.6 is 0 Å². The molecule has 2 amide bonds. The fourth-order valence-corrected chi connectivity index (χ4v) is 3.75. The summed E-state index contributed by atoms with van der Waals surface area (Å²) < 4.78 is 5.28. The number of fused-ring (bicyclic) bond motifs is 2. The highest BCUT2D eigenvalue weighted by atomic mass is 16.5. The van der Waals surface area contributed by atoms with E-state index < -0.39 is 18.0 Å². The van der Waals surface area contributed by atoms with Gasteiger partial charge in [-0.2, -0.15) is 0 Å². The predicted molar refractivity (Wildman–Crippen MR) is 127 cm³/mol. The van der Waals surface area contributed by atoms with Gasteiger partial charge in [-0.1, -0.05) is 48.5 Å². The van der Waals surface area contributed by atoms with E-state index in [1.165, 1.54) is 19.9 Å². The van der Waals surface area contributed by atoms with Crippen LogP contribution in [-0.2, 0) is 20.9 Å². The highest BCUT2D eigenvalue weighted by Crippen LogP contribution is 2.32. The number of rotatable bonds is 6. The molecule has 3 aromatic rings. The highest BCUT2D eigenvalue weighted by molar-refractivity contribution is 6.30. The molecule has 0 bridgehead atoms. The van der Waals surface area contributed by atoms with E-state index in [2.05, 4.69) is 10.6 Å². The fourth-order valence-electron chi connectivity index (χ4n) is 3.75. The quantitative estimate of drug-likeness (QED) is 0.418. The first-order valence-electron chi connectivity index (χ1n) is 10.9. The second-order valence-electron chi connectivity index (χ2n) is 8.08. The van der Waals surface area contributed by atoms with Gasteiger partial charge in [0.15, 0.2) is 17.7 Å². The first kappa shape index (κ1) is 23.6. The van der Waals surface area contributed by atoms with Gasteiger partial charge in [0, 0.05) is 30.2 Å². The normalized spacial score (nSPS) is 12.7. The monoisotopic (exact) mass is 470 g/mol. The zero-order valence-electron chi connectivity index (χ0n) is 19.1. The smallest absolute Gasteiger partial charge is 0.338 e. The van der Waals surface area contributed by atoms with E-state index in [4.69, 9.17) is 4.74 Å². The van der Waals surface area contributed by atoms with Crippen LogP contribution in [0.4, 0.5) is 5.69 Å². The number of ether oxygens (including phenoxy) is 1. The van der Waals surface area contributed by atoms with Gasteiger partial charge < -0.3 is 15.4 Å². The van der Waals surface area contributed by atoms with Gasteiger partial charge in [-0.05, 0) is 30.7 Å². The summed E-state index contributed by atoms with van der Waals surface area (Å²) in [7, 11) is 0. The van der Waals surface area contributed by atoms with E-state index in [0.29, 0.717) is 12.1 Å².